The van der Waals surface area contributed by atoms with Crippen molar-refractivity contribution in [2.24, 2.45) is 7.05 Å². The van der Waals surface area contributed by atoms with Gasteiger partial charge in [0.2, 0.25) is 0 Å². The van der Waals surface area contributed by atoms with Crippen molar-refractivity contribution in [3.63, 3.8) is 0 Å². The highest BCUT2D eigenvalue weighted by Gasteiger charge is 2.14. The van der Waals surface area contributed by atoms with Crippen LogP contribution in [0.3, 0.4) is 0 Å². The van der Waals surface area contributed by atoms with Crippen molar-refractivity contribution in [1.82, 2.24) is 24.1 Å². The van der Waals surface area contributed by atoms with Crippen LogP contribution in [0.15, 0.2) is 63.1 Å². The number of benzene rings is 1. The molecular weight excluding hydrogens is 382 g/mol. The van der Waals surface area contributed by atoms with Crippen LogP contribution in [0.25, 0.3) is 26.8 Å². The molecule has 0 aliphatic carbocycles. The van der Waals surface area contributed by atoms with E-state index >= 15 is 0 Å². The molecule has 4 heterocycles. The van der Waals surface area contributed by atoms with Crippen molar-refractivity contribution in [3.8, 4) is 11.6 Å². The minimum atomic E-state index is -0.0673. The molecule has 0 saturated heterocycles. The zero-order valence-electron chi connectivity index (χ0n) is 14.2. The maximum Gasteiger partial charge on any atom is 0.259 e. The van der Waals surface area contributed by atoms with Crippen molar-refractivity contribution in [1.29, 1.82) is 0 Å². The summed E-state index contributed by atoms with van der Waals surface area (Å²) in [5.74, 6) is 1.86. The van der Waals surface area contributed by atoms with E-state index in [1.165, 1.54) is 23.1 Å². The Morgan fingerprint density at radius 2 is 2.07 bits per heavy atom. The van der Waals surface area contributed by atoms with Gasteiger partial charge in [0.05, 0.1) is 22.2 Å². The van der Waals surface area contributed by atoms with Crippen molar-refractivity contribution in [2.75, 3.05) is 0 Å². The quantitative estimate of drug-likeness (QED) is 0.433. The predicted octanol–water partition coefficient (Wildman–Crippen LogP) is 3.59. The second-order valence-electron chi connectivity index (χ2n) is 5.90. The number of rotatable bonds is 4. The number of hydrogen-bond donors (Lipinski definition) is 0. The number of hydrogen-bond acceptors (Lipinski definition) is 7. The normalized spacial score (nSPS) is 11.6. The largest absolute Gasteiger partial charge is 0.461 e. The second-order valence-corrected chi connectivity index (χ2v) is 7.86. The Hall–Kier alpha value is -2.91. The first-order valence-electron chi connectivity index (χ1n) is 8.17. The van der Waals surface area contributed by atoms with Gasteiger partial charge in [-0.3, -0.25) is 9.20 Å². The van der Waals surface area contributed by atoms with Crippen molar-refractivity contribution < 1.29 is 4.42 Å². The Morgan fingerprint density at radius 3 is 2.93 bits per heavy atom. The van der Waals surface area contributed by atoms with Gasteiger partial charge in [-0.25, -0.2) is 4.98 Å². The van der Waals surface area contributed by atoms with Gasteiger partial charge in [0, 0.05) is 18.9 Å². The second kappa shape index (κ2) is 6.36. The molecule has 0 bridgehead atoms. The molecule has 0 aliphatic rings. The van der Waals surface area contributed by atoms with E-state index in [1.807, 2.05) is 48.0 Å². The van der Waals surface area contributed by atoms with Crippen LogP contribution in [0.2, 0.25) is 0 Å². The third-order valence-corrected chi connectivity index (χ3v) is 6.25. The van der Waals surface area contributed by atoms with Crippen LogP contribution < -0.4 is 5.56 Å². The van der Waals surface area contributed by atoms with Crippen molar-refractivity contribution in [2.45, 2.75) is 10.9 Å². The summed E-state index contributed by atoms with van der Waals surface area (Å²) in [6, 6.07) is 13.1. The van der Waals surface area contributed by atoms with E-state index in [2.05, 4.69) is 15.2 Å². The molecule has 0 N–H and O–H groups in total. The highest BCUT2D eigenvalue weighted by Crippen LogP contribution is 2.27. The van der Waals surface area contributed by atoms with Gasteiger partial charge in [-0.1, -0.05) is 35.2 Å². The maximum absolute atomic E-state index is 12.6. The van der Waals surface area contributed by atoms with E-state index < -0.39 is 0 Å². The predicted molar refractivity (Wildman–Crippen MR) is 105 cm³/mol. The smallest absolute Gasteiger partial charge is 0.259 e. The van der Waals surface area contributed by atoms with E-state index in [4.69, 9.17) is 4.42 Å². The molecule has 9 heteroatoms. The van der Waals surface area contributed by atoms with Crippen molar-refractivity contribution >= 4 is 38.3 Å². The van der Waals surface area contributed by atoms with Gasteiger partial charge in [-0.2, -0.15) is 0 Å². The van der Waals surface area contributed by atoms with E-state index in [-0.39, 0.29) is 5.56 Å². The summed E-state index contributed by atoms with van der Waals surface area (Å²) in [6.45, 7) is 0. The first kappa shape index (κ1) is 16.3. The molecule has 0 amide bonds. The van der Waals surface area contributed by atoms with Gasteiger partial charge in [0.1, 0.15) is 0 Å². The molecule has 134 valence electrons. The fraction of sp³-hybridized carbons (Fsp3) is 0.111. The molecule has 5 aromatic rings. The van der Waals surface area contributed by atoms with Gasteiger partial charge < -0.3 is 8.98 Å². The number of nitrogens with zero attached hydrogens (tertiary/aromatic N) is 5. The summed E-state index contributed by atoms with van der Waals surface area (Å²) in [6.07, 6.45) is 1.61. The van der Waals surface area contributed by atoms with E-state index in [0.717, 1.165) is 21.1 Å². The lowest BCUT2D eigenvalue weighted by molar-refractivity contribution is 0.572. The summed E-state index contributed by atoms with van der Waals surface area (Å²) >= 11 is 3.00. The number of thiazole rings is 1. The fourth-order valence-corrected chi connectivity index (χ4v) is 4.75. The minimum Gasteiger partial charge on any atom is -0.461 e. The summed E-state index contributed by atoms with van der Waals surface area (Å²) in [5.41, 5.74) is 1.55. The zero-order valence-corrected chi connectivity index (χ0v) is 15.8. The summed E-state index contributed by atoms with van der Waals surface area (Å²) in [7, 11) is 1.89. The van der Waals surface area contributed by atoms with Crippen LogP contribution in [0.1, 0.15) is 5.69 Å². The van der Waals surface area contributed by atoms with E-state index in [1.54, 1.807) is 16.7 Å². The summed E-state index contributed by atoms with van der Waals surface area (Å²) < 4.78 is 9.95. The lowest BCUT2D eigenvalue weighted by atomic mass is 10.3. The standard InChI is InChI=1S/C18H13N5O2S2/c1-22-16(13-6-4-8-25-13)20-21-18(22)26-10-11-9-15(24)23-12-5-2-3-7-14(12)27-17(23)19-11/h2-9H,10H2,1H3. The SMILES string of the molecule is Cn1c(SCc2cc(=O)n3c(n2)sc2ccccc23)nnc1-c1ccco1. The summed E-state index contributed by atoms with van der Waals surface area (Å²) in [4.78, 5) is 17.9. The Morgan fingerprint density at radius 1 is 1.19 bits per heavy atom. The molecule has 0 fully saturated rings. The molecule has 1 aromatic carbocycles. The van der Waals surface area contributed by atoms with Gasteiger partial charge >= 0.3 is 0 Å². The van der Waals surface area contributed by atoms with Gasteiger partial charge in [-0.15, -0.1) is 10.2 Å². The number of thioether (sulfide) groups is 1. The molecule has 0 radical (unpaired) electrons. The molecule has 5 rings (SSSR count). The van der Waals surface area contributed by atoms with Crippen molar-refractivity contribution in [3.05, 3.63) is 64.8 Å². The van der Waals surface area contributed by atoms with Crippen LogP contribution in [0.5, 0.6) is 0 Å². The average molecular weight is 395 g/mol. The summed E-state index contributed by atoms with van der Waals surface area (Å²) in [5, 5.41) is 9.13. The third-order valence-electron chi connectivity index (χ3n) is 4.17. The molecule has 0 aliphatic heterocycles. The molecule has 0 spiro atoms. The molecule has 0 atom stereocenters. The third kappa shape index (κ3) is 2.75. The van der Waals surface area contributed by atoms with Crippen LogP contribution in [-0.4, -0.2) is 24.1 Å². The van der Waals surface area contributed by atoms with Crippen LogP contribution in [0, 0.1) is 0 Å². The van der Waals surface area contributed by atoms with Gasteiger partial charge in [-0.05, 0) is 24.3 Å². The van der Waals surface area contributed by atoms with E-state index in [0.29, 0.717) is 22.3 Å². The molecule has 27 heavy (non-hydrogen) atoms. The number of para-hydroxylation sites is 1. The van der Waals surface area contributed by atoms with Crippen LogP contribution in [0.4, 0.5) is 0 Å². The van der Waals surface area contributed by atoms with E-state index in [9.17, 15) is 4.79 Å². The molecule has 4 aromatic heterocycles. The lowest BCUT2D eigenvalue weighted by Crippen LogP contribution is -2.13. The maximum atomic E-state index is 12.6. The fourth-order valence-electron chi connectivity index (χ4n) is 2.90. The Balaban J connectivity index is 1.46. The Labute approximate surface area is 161 Å². The minimum absolute atomic E-state index is 0.0673. The number of furan rings is 1. The first-order chi connectivity index (χ1) is 13.2. The topological polar surface area (TPSA) is 78.2 Å². The highest BCUT2D eigenvalue weighted by molar-refractivity contribution is 7.98. The zero-order chi connectivity index (χ0) is 18.4. The van der Waals surface area contributed by atoms with Gasteiger partial charge in [0.15, 0.2) is 21.7 Å². The van der Waals surface area contributed by atoms with Crippen LogP contribution in [-0.2, 0) is 12.8 Å². The number of aromatic nitrogens is 5. The lowest BCUT2D eigenvalue weighted by Gasteiger charge is -2.03. The molecule has 0 saturated carbocycles. The van der Waals surface area contributed by atoms with Gasteiger partial charge in [0.25, 0.3) is 5.56 Å². The highest BCUT2D eigenvalue weighted by atomic mass is 32.2. The molecule has 7 nitrogen and oxygen atoms in total. The molecule has 0 unspecified atom stereocenters. The Bertz CT molecular complexity index is 1320. The number of fused-ring (bicyclic) bond motifs is 3. The van der Waals surface area contributed by atoms with Crippen LogP contribution >= 0.6 is 23.1 Å². The monoisotopic (exact) mass is 395 g/mol. The average Bonchev–Trinajstić information content (AvgIpc) is 3.38. The molecular formula is C18H13N5O2S2. The first-order valence-corrected chi connectivity index (χ1v) is 9.97. The Kier molecular flexibility index (Phi) is 3.83.